The third kappa shape index (κ3) is 3.65. The minimum Gasteiger partial charge on any atom is -0.319 e. The van der Waals surface area contributed by atoms with Crippen LogP contribution in [0.1, 0.15) is 34.4 Å². The van der Waals surface area contributed by atoms with Crippen molar-refractivity contribution < 1.29 is 18.0 Å². The Hall–Kier alpha value is -3.27. The fourth-order valence-electron chi connectivity index (χ4n) is 3.09. The van der Waals surface area contributed by atoms with Gasteiger partial charge in [-0.3, -0.25) is 4.79 Å². The van der Waals surface area contributed by atoms with Crippen LogP contribution in [0.3, 0.4) is 0 Å². The minimum absolute atomic E-state index is 0.122. The summed E-state index contributed by atoms with van der Waals surface area (Å²) in [5.74, 6) is -1.38. The zero-order valence-electron chi connectivity index (χ0n) is 16.0. The van der Waals surface area contributed by atoms with E-state index in [9.17, 15) is 18.0 Å². The molecule has 0 unspecified atom stereocenters. The van der Waals surface area contributed by atoms with Crippen LogP contribution in [-0.2, 0) is 12.6 Å². The maximum absolute atomic E-state index is 13.6. The van der Waals surface area contributed by atoms with Crippen molar-refractivity contribution in [3.63, 3.8) is 0 Å². The van der Waals surface area contributed by atoms with Gasteiger partial charge in [0.2, 0.25) is 5.82 Å². The lowest BCUT2D eigenvalue weighted by Gasteiger charge is -2.11. The van der Waals surface area contributed by atoms with E-state index >= 15 is 0 Å². The molecule has 154 valence electrons. The number of amides is 1. The van der Waals surface area contributed by atoms with Crippen LogP contribution in [0.15, 0.2) is 41.8 Å². The molecule has 1 aromatic carbocycles. The van der Waals surface area contributed by atoms with Crippen LogP contribution in [-0.4, -0.2) is 25.5 Å². The topological polar surface area (TPSA) is 72.2 Å². The first-order valence-corrected chi connectivity index (χ1v) is 9.94. The molecule has 6 nitrogen and oxygen atoms in total. The molecule has 0 spiro atoms. The van der Waals surface area contributed by atoms with Crippen molar-refractivity contribution in [2.24, 2.45) is 0 Å². The number of carbonyl (C=O) groups excluding carboxylic acids is 1. The number of alkyl halides is 3. The first-order chi connectivity index (χ1) is 14.3. The summed E-state index contributed by atoms with van der Waals surface area (Å²) in [7, 11) is 0. The summed E-state index contributed by atoms with van der Waals surface area (Å²) in [6.45, 7) is 3.78. The summed E-state index contributed by atoms with van der Waals surface area (Å²) in [5, 5.41) is 8.26. The number of benzene rings is 1. The van der Waals surface area contributed by atoms with Crippen LogP contribution in [0.2, 0.25) is 0 Å². The van der Waals surface area contributed by atoms with Crippen molar-refractivity contribution in [3.05, 3.63) is 64.4 Å². The van der Waals surface area contributed by atoms with E-state index in [1.165, 1.54) is 11.3 Å². The number of nitrogens with one attached hydrogen (secondary N) is 1. The van der Waals surface area contributed by atoms with E-state index in [4.69, 9.17) is 0 Å². The van der Waals surface area contributed by atoms with Gasteiger partial charge in [-0.25, -0.2) is 4.98 Å². The number of anilines is 1. The van der Waals surface area contributed by atoms with E-state index in [1.54, 1.807) is 17.5 Å². The van der Waals surface area contributed by atoms with Crippen LogP contribution in [0.4, 0.5) is 18.9 Å². The molecule has 0 aliphatic carbocycles. The minimum atomic E-state index is -4.69. The zero-order valence-corrected chi connectivity index (χ0v) is 16.8. The molecule has 0 radical (unpaired) electrons. The molecule has 4 rings (SSSR count). The number of fused-ring (bicyclic) bond motifs is 1. The highest BCUT2D eigenvalue weighted by Crippen LogP contribution is 2.33. The number of hydrogen-bond acceptors (Lipinski definition) is 5. The number of aromatic nitrogens is 4. The molecule has 1 amide bonds. The van der Waals surface area contributed by atoms with Gasteiger partial charge < -0.3 is 5.32 Å². The number of hydrogen-bond donors (Lipinski definition) is 1. The molecular weight excluding hydrogens is 415 g/mol. The average molecular weight is 431 g/mol. The first-order valence-electron chi connectivity index (χ1n) is 9.06. The van der Waals surface area contributed by atoms with E-state index in [-0.39, 0.29) is 17.3 Å². The summed E-state index contributed by atoms with van der Waals surface area (Å²) in [6.07, 6.45) is -4.01. The number of para-hydroxylation sites is 1. The third-order valence-electron chi connectivity index (χ3n) is 4.56. The van der Waals surface area contributed by atoms with Crippen molar-refractivity contribution >= 4 is 28.7 Å². The molecule has 0 atom stereocenters. The van der Waals surface area contributed by atoms with E-state index in [0.29, 0.717) is 21.5 Å². The van der Waals surface area contributed by atoms with Gasteiger partial charge in [0.05, 0.1) is 10.6 Å². The standard InChI is InChI=1S/C20H16F3N5OS/c1-3-12-7-4-6-11(2)16(12)25-18(29)17-26-19-24-13(14-8-5-9-30-14)10-15(20(21,22)23)28(19)27-17/h4-10H,3H2,1-2H3,(H,25,29). The summed E-state index contributed by atoms with van der Waals surface area (Å²) in [5.41, 5.74) is 1.41. The van der Waals surface area contributed by atoms with E-state index < -0.39 is 17.8 Å². The molecule has 0 saturated heterocycles. The molecule has 3 heterocycles. The normalized spacial score (nSPS) is 11.8. The van der Waals surface area contributed by atoms with Crippen LogP contribution < -0.4 is 5.32 Å². The summed E-state index contributed by atoms with van der Waals surface area (Å²) in [4.78, 5) is 21.4. The highest BCUT2D eigenvalue weighted by Gasteiger charge is 2.36. The highest BCUT2D eigenvalue weighted by atomic mass is 32.1. The number of thiophene rings is 1. The molecule has 10 heteroatoms. The van der Waals surface area contributed by atoms with Gasteiger partial charge in [-0.2, -0.15) is 22.7 Å². The fraction of sp³-hybridized carbons (Fsp3) is 0.200. The fourth-order valence-corrected chi connectivity index (χ4v) is 3.77. The summed E-state index contributed by atoms with van der Waals surface area (Å²) in [6, 6.07) is 9.87. The molecule has 0 aliphatic rings. The Balaban J connectivity index is 1.79. The molecule has 0 saturated carbocycles. The van der Waals surface area contributed by atoms with Gasteiger partial charge in [0.25, 0.3) is 11.7 Å². The molecule has 0 bridgehead atoms. The van der Waals surface area contributed by atoms with Crippen LogP contribution in [0.25, 0.3) is 16.3 Å². The van der Waals surface area contributed by atoms with Crippen LogP contribution in [0, 0.1) is 6.92 Å². The first kappa shape index (κ1) is 20.0. The predicted octanol–water partition coefficient (Wildman–Crippen LogP) is 4.99. The number of nitrogens with zero attached hydrogens (tertiary/aromatic N) is 4. The lowest BCUT2D eigenvalue weighted by Crippen LogP contribution is -2.17. The Morgan fingerprint density at radius 2 is 2.00 bits per heavy atom. The Morgan fingerprint density at radius 3 is 2.67 bits per heavy atom. The van der Waals surface area contributed by atoms with Gasteiger partial charge in [-0.05, 0) is 42.0 Å². The number of carbonyl (C=O) groups is 1. The number of aryl methyl sites for hydroxylation is 2. The van der Waals surface area contributed by atoms with Crippen molar-refractivity contribution in [1.29, 1.82) is 0 Å². The SMILES string of the molecule is CCc1cccc(C)c1NC(=O)c1nc2nc(-c3cccs3)cc(C(F)(F)F)n2n1. The van der Waals surface area contributed by atoms with Gasteiger partial charge in [-0.15, -0.1) is 16.4 Å². The summed E-state index contributed by atoms with van der Waals surface area (Å²) < 4.78 is 41.5. The maximum Gasteiger partial charge on any atom is 0.433 e. The summed E-state index contributed by atoms with van der Waals surface area (Å²) >= 11 is 1.26. The molecule has 0 aliphatic heterocycles. The predicted molar refractivity (Wildman–Crippen MR) is 108 cm³/mol. The van der Waals surface area contributed by atoms with E-state index in [2.05, 4.69) is 20.4 Å². The Kier molecular flexibility index (Phi) is 5.02. The second kappa shape index (κ2) is 7.52. The van der Waals surface area contributed by atoms with E-state index in [1.807, 2.05) is 32.0 Å². The van der Waals surface area contributed by atoms with Crippen molar-refractivity contribution in [1.82, 2.24) is 19.6 Å². The second-order valence-electron chi connectivity index (χ2n) is 6.57. The van der Waals surface area contributed by atoms with Crippen molar-refractivity contribution in [2.45, 2.75) is 26.4 Å². The molecule has 0 fully saturated rings. The quantitative estimate of drug-likeness (QED) is 0.494. The smallest absolute Gasteiger partial charge is 0.319 e. The lowest BCUT2D eigenvalue weighted by atomic mass is 10.1. The monoisotopic (exact) mass is 431 g/mol. The molecule has 30 heavy (non-hydrogen) atoms. The van der Waals surface area contributed by atoms with E-state index in [0.717, 1.165) is 17.2 Å². The highest BCUT2D eigenvalue weighted by molar-refractivity contribution is 7.13. The van der Waals surface area contributed by atoms with Crippen molar-refractivity contribution in [3.8, 4) is 10.6 Å². The zero-order chi connectivity index (χ0) is 21.5. The number of rotatable bonds is 4. The van der Waals surface area contributed by atoms with Gasteiger partial charge in [0, 0.05) is 5.69 Å². The molecular formula is C20H16F3N5OS. The van der Waals surface area contributed by atoms with Gasteiger partial charge in [-0.1, -0.05) is 31.2 Å². The van der Waals surface area contributed by atoms with Gasteiger partial charge in [0.15, 0.2) is 5.69 Å². The lowest BCUT2D eigenvalue weighted by molar-refractivity contribution is -0.142. The largest absolute Gasteiger partial charge is 0.433 e. The Morgan fingerprint density at radius 1 is 1.20 bits per heavy atom. The molecule has 1 N–H and O–H groups in total. The van der Waals surface area contributed by atoms with Crippen LogP contribution in [0.5, 0.6) is 0 Å². The Labute approximate surface area is 173 Å². The Bertz CT molecular complexity index is 1230. The number of halogens is 3. The van der Waals surface area contributed by atoms with Gasteiger partial charge in [0.1, 0.15) is 0 Å². The average Bonchev–Trinajstić information content (AvgIpc) is 3.37. The van der Waals surface area contributed by atoms with Crippen LogP contribution >= 0.6 is 11.3 Å². The second-order valence-corrected chi connectivity index (χ2v) is 7.51. The third-order valence-corrected chi connectivity index (χ3v) is 5.45. The molecule has 4 aromatic rings. The van der Waals surface area contributed by atoms with Gasteiger partial charge >= 0.3 is 6.18 Å². The maximum atomic E-state index is 13.6. The van der Waals surface area contributed by atoms with Crippen molar-refractivity contribution in [2.75, 3.05) is 5.32 Å². The molecule has 3 aromatic heterocycles.